The number of anilines is 2. The van der Waals surface area contributed by atoms with Crippen LogP contribution in [0.1, 0.15) is 48.1 Å². The molecular weight excluding hydrogens is 362 g/mol. The molecule has 1 unspecified atom stereocenters. The molecule has 5 nitrogen and oxygen atoms in total. The van der Waals surface area contributed by atoms with Gasteiger partial charge in [-0.2, -0.15) is 0 Å². The van der Waals surface area contributed by atoms with Crippen molar-refractivity contribution >= 4 is 17.3 Å². The third-order valence-electron chi connectivity index (χ3n) is 5.97. The van der Waals surface area contributed by atoms with Crippen molar-refractivity contribution in [3.8, 4) is 0 Å². The molecule has 0 bridgehead atoms. The fraction of sp³-hybridized carbons (Fsp3) is 0.458. The second kappa shape index (κ2) is 9.31. The molecule has 154 valence electrons. The Morgan fingerprint density at radius 2 is 1.38 bits per heavy atom. The molecule has 5 heteroatoms. The summed E-state index contributed by atoms with van der Waals surface area (Å²) in [5, 5.41) is 3.12. The summed E-state index contributed by atoms with van der Waals surface area (Å²) in [6, 6.07) is 16.5. The lowest BCUT2D eigenvalue weighted by atomic mass is 10.1. The SMILES string of the molecule is CC(NC(=O)c1ccc(N2CCOCC2)cc1)c1ccc(N2CCCCC2)cc1. The maximum atomic E-state index is 12.7. The van der Waals surface area contributed by atoms with Crippen molar-refractivity contribution in [2.45, 2.75) is 32.2 Å². The normalized spacial score (nSPS) is 18.4. The molecule has 0 spiro atoms. The first-order valence-corrected chi connectivity index (χ1v) is 10.8. The van der Waals surface area contributed by atoms with Crippen molar-refractivity contribution in [2.24, 2.45) is 0 Å². The van der Waals surface area contributed by atoms with Crippen LogP contribution >= 0.6 is 0 Å². The third kappa shape index (κ3) is 4.91. The summed E-state index contributed by atoms with van der Waals surface area (Å²) in [6.07, 6.45) is 3.89. The van der Waals surface area contributed by atoms with E-state index in [9.17, 15) is 4.79 Å². The Balaban J connectivity index is 1.35. The highest BCUT2D eigenvalue weighted by Crippen LogP contribution is 2.23. The number of amides is 1. The molecular formula is C24H31N3O2. The van der Waals surface area contributed by atoms with Gasteiger partial charge in [0.25, 0.3) is 5.91 Å². The van der Waals surface area contributed by atoms with Gasteiger partial charge in [0.15, 0.2) is 0 Å². The Bertz CT molecular complexity index is 792. The zero-order valence-electron chi connectivity index (χ0n) is 17.3. The minimum Gasteiger partial charge on any atom is -0.378 e. The molecule has 2 fully saturated rings. The first-order valence-electron chi connectivity index (χ1n) is 10.8. The molecule has 0 aromatic heterocycles. The highest BCUT2D eigenvalue weighted by molar-refractivity contribution is 5.94. The Morgan fingerprint density at radius 1 is 0.828 bits per heavy atom. The fourth-order valence-corrected chi connectivity index (χ4v) is 4.13. The van der Waals surface area contributed by atoms with Gasteiger partial charge in [0.1, 0.15) is 0 Å². The van der Waals surface area contributed by atoms with E-state index in [4.69, 9.17) is 4.74 Å². The van der Waals surface area contributed by atoms with Crippen LogP contribution in [0, 0.1) is 0 Å². The first kappa shape index (κ1) is 19.8. The molecule has 0 radical (unpaired) electrons. The van der Waals surface area contributed by atoms with Crippen LogP contribution in [-0.2, 0) is 4.74 Å². The number of benzene rings is 2. The number of carbonyl (C=O) groups excluding carboxylic acids is 1. The number of hydrogen-bond donors (Lipinski definition) is 1. The number of nitrogens with one attached hydrogen (secondary N) is 1. The average molecular weight is 394 g/mol. The van der Waals surface area contributed by atoms with Crippen molar-refractivity contribution < 1.29 is 9.53 Å². The molecule has 29 heavy (non-hydrogen) atoms. The monoisotopic (exact) mass is 393 g/mol. The van der Waals surface area contributed by atoms with Gasteiger partial charge >= 0.3 is 0 Å². The maximum Gasteiger partial charge on any atom is 0.251 e. The number of piperidine rings is 1. The predicted molar refractivity (Wildman–Crippen MR) is 118 cm³/mol. The number of nitrogens with zero attached hydrogens (tertiary/aromatic N) is 2. The largest absolute Gasteiger partial charge is 0.378 e. The van der Waals surface area contributed by atoms with Crippen molar-refractivity contribution in [1.82, 2.24) is 5.32 Å². The van der Waals surface area contributed by atoms with Crippen LogP contribution in [0.5, 0.6) is 0 Å². The molecule has 0 saturated carbocycles. The Hall–Kier alpha value is -2.53. The van der Waals surface area contributed by atoms with E-state index in [2.05, 4.69) is 39.4 Å². The molecule has 1 N–H and O–H groups in total. The van der Waals surface area contributed by atoms with E-state index in [-0.39, 0.29) is 11.9 Å². The highest BCUT2D eigenvalue weighted by atomic mass is 16.5. The maximum absolute atomic E-state index is 12.7. The van der Waals surface area contributed by atoms with E-state index in [1.54, 1.807) is 0 Å². The lowest BCUT2D eigenvalue weighted by molar-refractivity contribution is 0.0940. The van der Waals surface area contributed by atoms with E-state index in [0.29, 0.717) is 5.56 Å². The van der Waals surface area contributed by atoms with Gasteiger partial charge in [-0.15, -0.1) is 0 Å². The fourth-order valence-electron chi connectivity index (χ4n) is 4.13. The summed E-state index contributed by atoms with van der Waals surface area (Å²) in [6.45, 7) is 7.65. The molecule has 2 aromatic rings. The molecule has 2 heterocycles. The molecule has 2 aliphatic heterocycles. The van der Waals surface area contributed by atoms with Gasteiger partial charge in [-0.05, 0) is 68.1 Å². The van der Waals surface area contributed by atoms with Crippen LogP contribution in [0.3, 0.4) is 0 Å². The van der Waals surface area contributed by atoms with E-state index >= 15 is 0 Å². The van der Waals surface area contributed by atoms with E-state index < -0.39 is 0 Å². The van der Waals surface area contributed by atoms with Crippen LogP contribution in [0.25, 0.3) is 0 Å². The van der Waals surface area contributed by atoms with Crippen LogP contribution in [-0.4, -0.2) is 45.3 Å². The summed E-state index contributed by atoms with van der Waals surface area (Å²) in [4.78, 5) is 17.4. The number of ether oxygens (including phenoxy) is 1. The topological polar surface area (TPSA) is 44.8 Å². The van der Waals surface area contributed by atoms with Crippen LogP contribution in [0.15, 0.2) is 48.5 Å². The van der Waals surface area contributed by atoms with Gasteiger partial charge in [0.05, 0.1) is 19.3 Å². The zero-order valence-corrected chi connectivity index (χ0v) is 17.3. The summed E-state index contributed by atoms with van der Waals surface area (Å²) < 4.78 is 5.40. The second-order valence-corrected chi connectivity index (χ2v) is 7.98. The van der Waals surface area contributed by atoms with Gasteiger partial charge in [-0.3, -0.25) is 4.79 Å². The molecule has 4 rings (SSSR count). The van der Waals surface area contributed by atoms with Gasteiger partial charge < -0.3 is 19.9 Å². The van der Waals surface area contributed by atoms with Gasteiger partial charge in [-0.1, -0.05) is 12.1 Å². The minimum atomic E-state index is -0.0360. The van der Waals surface area contributed by atoms with Crippen LogP contribution < -0.4 is 15.1 Å². The summed E-state index contributed by atoms with van der Waals surface area (Å²) >= 11 is 0. The molecule has 2 saturated heterocycles. The second-order valence-electron chi connectivity index (χ2n) is 7.98. The third-order valence-corrected chi connectivity index (χ3v) is 5.97. The van der Waals surface area contributed by atoms with Gasteiger partial charge in [0, 0.05) is 43.1 Å². The molecule has 0 aliphatic carbocycles. The zero-order chi connectivity index (χ0) is 20.1. The first-order chi connectivity index (χ1) is 14.2. The average Bonchev–Trinajstić information content (AvgIpc) is 2.80. The number of morpholine rings is 1. The highest BCUT2D eigenvalue weighted by Gasteiger charge is 2.15. The summed E-state index contributed by atoms with van der Waals surface area (Å²) in [5.41, 5.74) is 4.25. The van der Waals surface area contributed by atoms with Crippen molar-refractivity contribution in [2.75, 3.05) is 49.2 Å². The lowest BCUT2D eigenvalue weighted by Crippen LogP contribution is -2.36. The number of carbonyl (C=O) groups is 1. The molecule has 1 atom stereocenters. The Labute approximate surface area is 173 Å². The molecule has 1 amide bonds. The lowest BCUT2D eigenvalue weighted by Gasteiger charge is -2.29. The van der Waals surface area contributed by atoms with Crippen LogP contribution in [0.2, 0.25) is 0 Å². The Kier molecular flexibility index (Phi) is 6.35. The predicted octanol–water partition coefficient (Wildman–Crippen LogP) is 4.00. The number of rotatable bonds is 5. The van der Waals surface area contributed by atoms with Gasteiger partial charge in [-0.25, -0.2) is 0 Å². The summed E-state index contributed by atoms with van der Waals surface area (Å²) in [5.74, 6) is -0.0360. The minimum absolute atomic E-state index is 0.0307. The Morgan fingerprint density at radius 3 is 2.00 bits per heavy atom. The quantitative estimate of drug-likeness (QED) is 0.834. The van der Waals surface area contributed by atoms with Gasteiger partial charge in [0.2, 0.25) is 0 Å². The van der Waals surface area contributed by atoms with Crippen molar-refractivity contribution in [3.63, 3.8) is 0 Å². The smallest absolute Gasteiger partial charge is 0.251 e. The van der Waals surface area contributed by atoms with E-state index in [0.717, 1.165) is 50.6 Å². The standard InChI is InChI=1S/C24H31N3O2/c1-19(20-5-9-22(10-6-20)26-13-3-2-4-14-26)25-24(28)21-7-11-23(12-8-21)27-15-17-29-18-16-27/h5-12,19H,2-4,13-18H2,1H3,(H,25,28). The molecule has 2 aromatic carbocycles. The van der Waals surface area contributed by atoms with Crippen LogP contribution in [0.4, 0.5) is 11.4 Å². The van der Waals surface area contributed by atoms with Crippen molar-refractivity contribution in [1.29, 1.82) is 0 Å². The van der Waals surface area contributed by atoms with E-state index in [1.165, 1.54) is 24.9 Å². The van der Waals surface area contributed by atoms with Crippen molar-refractivity contribution in [3.05, 3.63) is 59.7 Å². The summed E-state index contributed by atoms with van der Waals surface area (Å²) in [7, 11) is 0. The van der Waals surface area contributed by atoms with E-state index in [1.807, 2.05) is 31.2 Å². The molecule has 2 aliphatic rings. The number of hydrogen-bond acceptors (Lipinski definition) is 4.